The van der Waals surface area contributed by atoms with Crippen molar-refractivity contribution in [3.63, 3.8) is 0 Å². The number of aromatic nitrogens is 2. The standard InChI is InChI=1S/C28H44N4O4Si/c1-18-11-10-12-19-23(18)32(17-35-13-14-37(7,8)9)30-24(19)28(5,6)29-25(33)22-20-15-31(16-21(20)22)26(34)36-27(2,3)4/h10-12,20-22H,13-17H2,1-9H3,(H,29,33). The summed E-state index contributed by atoms with van der Waals surface area (Å²) in [7, 11) is -1.17. The number of fused-ring (bicyclic) bond motifs is 2. The zero-order valence-electron chi connectivity index (χ0n) is 24.0. The minimum Gasteiger partial charge on any atom is -0.444 e. The first-order valence-corrected chi connectivity index (χ1v) is 17.1. The molecular weight excluding hydrogens is 484 g/mol. The summed E-state index contributed by atoms with van der Waals surface area (Å²) in [6.07, 6.45) is -0.293. The van der Waals surface area contributed by atoms with E-state index >= 15 is 0 Å². The Bertz CT molecular complexity index is 1170. The van der Waals surface area contributed by atoms with Gasteiger partial charge >= 0.3 is 6.09 Å². The lowest BCUT2D eigenvalue weighted by molar-refractivity contribution is -0.125. The highest BCUT2D eigenvalue weighted by Gasteiger charge is 2.61. The minimum atomic E-state index is -1.17. The summed E-state index contributed by atoms with van der Waals surface area (Å²) in [6.45, 7) is 21.0. The minimum absolute atomic E-state index is 0.0329. The molecule has 1 saturated heterocycles. The highest BCUT2D eigenvalue weighted by atomic mass is 28.3. The number of amides is 2. The lowest BCUT2D eigenvalue weighted by atomic mass is 9.96. The van der Waals surface area contributed by atoms with Gasteiger partial charge in [-0.3, -0.25) is 4.79 Å². The van der Waals surface area contributed by atoms with Gasteiger partial charge in [0.05, 0.1) is 16.7 Å². The fraction of sp³-hybridized carbons (Fsp3) is 0.679. The second-order valence-electron chi connectivity index (χ2n) is 13.5. The molecule has 1 aliphatic heterocycles. The number of piperidine rings is 1. The fourth-order valence-corrected chi connectivity index (χ4v) is 6.10. The van der Waals surface area contributed by atoms with Crippen molar-refractivity contribution in [3.8, 4) is 0 Å². The molecule has 1 saturated carbocycles. The zero-order valence-corrected chi connectivity index (χ0v) is 25.0. The van der Waals surface area contributed by atoms with Gasteiger partial charge in [-0.05, 0) is 65.0 Å². The SMILES string of the molecule is Cc1cccc2c(C(C)(C)NC(=O)C3C4CN(C(=O)OC(C)(C)C)CC43)nn(COCC[Si](C)(C)C)c12. The molecule has 2 amide bonds. The van der Waals surface area contributed by atoms with Crippen molar-refractivity contribution in [2.45, 2.75) is 85.1 Å². The highest BCUT2D eigenvalue weighted by Crippen LogP contribution is 2.52. The summed E-state index contributed by atoms with van der Waals surface area (Å²) in [6, 6.07) is 7.30. The quantitative estimate of drug-likeness (QED) is 0.380. The van der Waals surface area contributed by atoms with Crippen LogP contribution in [0.5, 0.6) is 0 Å². The van der Waals surface area contributed by atoms with E-state index < -0.39 is 19.2 Å². The van der Waals surface area contributed by atoms with Gasteiger partial charge in [0.1, 0.15) is 12.3 Å². The van der Waals surface area contributed by atoms with Gasteiger partial charge in [0.15, 0.2) is 0 Å². The number of carbonyl (C=O) groups excluding carboxylic acids is 2. The summed E-state index contributed by atoms with van der Waals surface area (Å²) in [5, 5.41) is 9.26. The van der Waals surface area contributed by atoms with Crippen LogP contribution < -0.4 is 5.32 Å². The van der Waals surface area contributed by atoms with E-state index in [1.807, 2.05) is 45.4 Å². The van der Waals surface area contributed by atoms with E-state index in [-0.39, 0.29) is 29.8 Å². The van der Waals surface area contributed by atoms with Gasteiger partial charge in [-0.1, -0.05) is 37.8 Å². The molecule has 2 aromatic rings. The van der Waals surface area contributed by atoms with Crippen LogP contribution in [-0.2, 0) is 26.5 Å². The Hall–Kier alpha value is -2.39. The number of para-hydroxylation sites is 1. The first-order valence-electron chi connectivity index (χ1n) is 13.4. The van der Waals surface area contributed by atoms with Crippen LogP contribution in [-0.4, -0.2) is 60.1 Å². The van der Waals surface area contributed by atoms with E-state index in [9.17, 15) is 9.59 Å². The first kappa shape index (κ1) is 27.6. The van der Waals surface area contributed by atoms with E-state index in [4.69, 9.17) is 14.6 Å². The van der Waals surface area contributed by atoms with Crippen molar-refractivity contribution >= 4 is 31.0 Å². The molecule has 1 aromatic carbocycles. The molecule has 4 rings (SSSR count). The Morgan fingerprint density at radius 3 is 2.35 bits per heavy atom. The second-order valence-corrected chi connectivity index (χ2v) is 19.1. The maximum atomic E-state index is 13.3. The maximum absolute atomic E-state index is 13.3. The number of nitrogens with zero attached hydrogens (tertiary/aromatic N) is 3. The van der Waals surface area contributed by atoms with Crippen LogP contribution in [0.15, 0.2) is 18.2 Å². The molecular formula is C28H44N4O4Si. The molecule has 2 heterocycles. The van der Waals surface area contributed by atoms with Crippen LogP contribution in [0.3, 0.4) is 0 Å². The molecule has 2 atom stereocenters. The molecule has 1 N–H and O–H groups in total. The predicted octanol–water partition coefficient (Wildman–Crippen LogP) is 5.12. The normalized spacial score (nSPS) is 21.8. The highest BCUT2D eigenvalue weighted by molar-refractivity contribution is 6.76. The number of hydrogen-bond acceptors (Lipinski definition) is 5. The van der Waals surface area contributed by atoms with Crippen LogP contribution in [0.25, 0.3) is 10.9 Å². The van der Waals surface area contributed by atoms with Gasteiger partial charge in [-0.25, -0.2) is 9.48 Å². The average Bonchev–Trinajstić information content (AvgIpc) is 3.07. The lowest BCUT2D eigenvalue weighted by Gasteiger charge is -2.27. The summed E-state index contributed by atoms with van der Waals surface area (Å²) in [4.78, 5) is 27.5. The number of rotatable bonds is 8. The van der Waals surface area contributed by atoms with Gasteiger partial charge in [-0.2, -0.15) is 5.10 Å². The number of benzene rings is 1. The smallest absolute Gasteiger partial charge is 0.410 e. The molecule has 0 spiro atoms. The van der Waals surface area contributed by atoms with Crippen LogP contribution in [0.4, 0.5) is 4.79 Å². The Kier molecular flexibility index (Phi) is 7.27. The Morgan fingerprint density at radius 1 is 1.11 bits per heavy atom. The summed E-state index contributed by atoms with van der Waals surface area (Å²) < 4.78 is 13.5. The number of likely N-dealkylation sites (tertiary alicyclic amines) is 1. The molecule has 204 valence electrons. The summed E-state index contributed by atoms with van der Waals surface area (Å²) in [5.41, 5.74) is 1.84. The van der Waals surface area contributed by atoms with Crippen molar-refractivity contribution in [1.29, 1.82) is 0 Å². The predicted molar refractivity (Wildman–Crippen MR) is 148 cm³/mol. The maximum Gasteiger partial charge on any atom is 0.410 e. The van der Waals surface area contributed by atoms with Crippen molar-refractivity contribution in [2.75, 3.05) is 19.7 Å². The zero-order chi connectivity index (χ0) is 27.3. The Balaban J connectivity index is 1.43. The van der Waals surface area contributed by atoms with Gasteiger partial charge in [-0.15, -0.1) is 0 Å². The van der Waals surface area contributed by atoms with Crippen molar-refractivity contribution in [3.05, 3.63) is 29.5 Å². The molecule has 1 aromatic heterocycles. The van der Waals surface area contributed by atoms with Gasteiger partial charge < -0.3 is 19.7 Å². The van der Waals surface area contributed by atoms with Crippen LogP contribution >= 0.6 is 0 Å². The number of carbonyl (C=O) groups is 2. The Labute approximate surface area is 222 Å². The molecule has 9 heteroatoms. The van der Waals surface area contributed by atoms with Gasteiger partial charge in [0.25, 0.3) is 0 Å². The van der Waals surface area contributed by atoms with Crippen LogP contribution in [0, 0.1) is 24.7 Å². The third-order valence-corrected chi connectivity index (χ3v) is 9.06. The van der Waals surface area contributed by atoms with E-state index in [1.54, 1.807) is 4.90 Å². The summed E-state index contributed by atoms with van der Waals surface area (Å²) in [5.74, 6) is 0.350. The third-order valence-electron chi connectivity index (χ3n) is 7.36. The first-order chi connectivity index (χ1) is 17.1. The summed E-state index contributed by atoms with van der Waals surface area (Å²) >= 11 is 0. The fourth-order valence-electron chi connectivity index (χ4n) is 5.34. The van der Waals surface area contributed by atoms with Crippen molar-refractivity contribution < 1.29 is 19.1 Å². The molecule has 8 nitrogen and oxygen atoms in total. The molecule has 2 fully saturated rings. The number of nitrogens with one attached hydrogen (secondary N) is 1. The monoisotopic (exact) mass is 528 g/mol. The topological polar surface area (TPSA) is 85.7 Å². The van der Waals surface area contributed by atoms with E-state index in [0.29, 0.717) is 19.8 Å². The van der Waals surface area contributed by atoms with E-state index in [1.165, 1.54) is 0 Å². The Morgan fingerprint density at radius 2 is 1.76 bits per heavy atom. The van der Waals surface area contributed by atoms with Crippen molar-refractivity contribution in [2.24, 2.45) is 17.8 Å². The number of ether oxygens (including phenoxy) is 2. The molecule has 0 bridgehead atoms. The molecule has 2 unspecified atom stereocenters. The largest absolute Gasteiger partial charge is 0.444 e. The molecule has 1 aliphatic carbocycles. The van der Waals surface area contributed by atoms with Crippen molar-refractivity contribution in [1.82, 2.24) is 20.0 Å². The third kappa shape index (κ3) is 6.20. The van der Waals surface area contributed by atoms with Crippen LogP contribution in [0.2, 0.25) is 25.7 Å². The average molecular weight is 529 g/mol. The van der Waals surface area contributed by atoms with Gasteiger partial charge in [0.2, 0.25) is 5.91 Å². The number of aryl methyl sites for hydroxylation is 1. The molecule has 0 radical (unpaired) electrons. The lowest BCUT2D eigenvalue weighted by Crippen LogP contribution is -2.44. The second kappa shape index (κ2) is 9.73. The number of hydrogen-bond donors (Lipinski definition) is 1. The molecule has 2 aliphatic rings. The van der Waals surface area contributed by atoms with Crippen LogP contribution in [0.1, 0.15) is 45.9 Å². The van der Waals surface area contributed by atoms with E-state index in [2.05, 4.69) is 44.0 Å². The van der Waals surface area contributed by atoms with Gasteiger partial charge in [0, 0.05) is 39.1 Å². The van der Waals surface area contributed by atoms with E-state index in [0.717, 1.165) is 34.8 Å². The molecule has 37 heavy (non-hydrogen) atoms.